The minimum Gasteiger partial charge on any atom is -0.329 e. The maximum absolute atomic E-state index is 11.9. The van der Waals surface area contributed by atoms with Gasteiger partial charge in [-0.1, -0.05) is 11.6 Å². The highest BCUT2D eigenvalue weighted by Gasteiger charge is 2.24. The van der Waals surface area contributed by atoms with Crippen LogP contribution in [0, 0.1) is 6.92 Å². The first-order valence-corrected chi connectivity index (χ1v) is 6.98. The fourth-order valence-electron chi connectivity index (χ4n) is 1.32. The van der Waals surface area contributed by atoms with Gasteiger partial charge in [0.1, 0.15) is 0 Å². The van der Waals surface area contributed by atoms with Gasteiger partial charge < -0.3 is 5.73 Å². The van der Waals surface area contributed by atoms with E-state index >= 15 is 0 Å². The highest BCUT2D eigenvalue weighted by atomic mass is 35.5. The summed E-state index contributed by atoms with van der Waals surface area (Å²) in [6, 6.07) is 0. The highest BCUT2D eigenvalue weighted by molar-refractivity contribution is 7.91. The monoisotopic (exact) mass is 265 g/mol. The molecule has 0 amide bonds. The van der Waals surface area contributed by atoms with E-state index in [9.17, 15) is 8.42 Å². The molecule has 1 rings (SSSR count). The molecule has 1 unspecified atom stereocenters. The quantitative estimate of drug-likeness (QED) is 0.867. The summed E-state index contributed by atoms with van der Waals surface area (Å²) < 4.78 is 25.2. The van der Waals surface area contributed by atoms with Crippen molar-refractivity contribution in [3.05, 3.63) is 16.4 Å². The number of aromatic nitrogens is 2. The molecule has 1 aromatic heterocycles. The van der Waals surface area contributed by atoms with Crippen LogP contribution in [0.2, 0.25) is 5.02 Å². The predicted octanol–water partition coefficient (Wildman–Crippen LogP) is 0.644. The van der Waals surface area contributed by atoms with E-state index < -0.39 is 15.1 Å². The lowest BCUT2D eigenvalue weighted by atomic mass is 10.4. The van der Waals surface area contributed by atoms with E-state index in [1.807, 2.05) is 0 Å². The molecule has 0 saturated heterocycles. The number of aryl methyl sites for hydroxylation is 2. The molecular weight excluding hydrogens is 250 g/mol. The number of rotatable bonds is 4. The number of hydrogen-bond donors (Lipinski definition) is 1. The number of nitrogens with two attached hydrogens (primary N) is 1. The van der Waals surface area contributed by atoms with E-state index in [0.717, 1.165) is 0 Å². The molecule has 92 valence electrons. The molecule has 0 aliphatic heterocycles. The van der Waals surface area contributed by atoms with Crippen molar-refractivity contribution in [1.29, 1.82) is 0 Å². The average Bonchev–Trinajstić information content (AvgIpc) is 2.43. The molecule has 2 N–H and O–H groups in total. The Morgan fingerprint density at radius 2 is 2.12 bits per heavy atom. The zero-order valence-corrected chi connectivity index (χ0v) is 11.1. The molecule has 1 heterocycles. The minimum absolute atomic E-state index is 0.108. The predicted molar refractivity (Wildman–Crippen MR) is 64.1 cm³/mol. The van der Waals surface area contributed by atoms with Crippen LogP contribution >= 0.6 is 11.6 Å². The number of hydrogen-bond acceptors (Lipinski definition) is 4. The lowest BCUT2D eigenvalue weighted by Crippen LogP contribution is -2.28. The first-order valence-electron chi connectivity index (χ1n) is 4.89. The van der Waals surface area contributed by atoms with Gasteiger partial charge in [-0.15, -0.1) is 0 Å². The Labute approximate surface area is 100 Å². The fraction of sp³-hybridized carbons (Fsp3) is 0.667. The van der Waals surface area contributed by atoms with Crippen molar-refractivity contribution in [1.82, 2.24) is 9.78 Å². The second kappa shape index (κ2) is 4.73. The van der Waals surface area contributed by atoms with Crippen LogP contribution in [-0.2, 0) is 22.6 Å². The Hall–Kier alpha value is -0.590. The minimum atomic E-state index is -3.27. The SMILES string of the molecule is Cc1nn(C)c(CS(=O)(=O)C(C)CN)c1Cl. The summed E-state index contributed by atoms with van der Waals surface area (Å²) in [5.74, 6) is -0.123. The third kappa shape index (κ3) is 2.56. The molecular formula is C9H16ClN3O2S. The summed E-state index contributed by atoms with van der Waals surface area (Å²) in [6.07, 6.45) is 0. The van der Waals surface area contributed by atoms with E-state index in [-0.39, 0.29) is 12.3 Å². The van der Waals surface area contributed by atoms with Gasteiger partial charge >= 0.3 is 0 Å². The molecule has 7 heteroatoms. The number of nitrogens with zero attached hydrogens (tertiary/aromatic N) is 2. The fourth-order valence-corrected chi connectivity index (χ4v) is 2.91. The summed E-state index contributed by atoms with van der Waals surface area (Å²) in [5.41, 5.74) is 6.51. The Balaban J connectivity index is 3.06. The van der Waals surface area contributed by atoms with Gasteiger partial charge in [-0.3, -0.25) is 4.68 Å². The van der Waals surface area contributed by atoms with E-state index in [1.165, 1.54) is 4.68 Å². The van der Waals surface area contributed by atoms with E-state index in [1.54, 1.807) is 20.9 Å². The van der Waals surface area contributed by atoms with Crippen LogP contribution in [0.15, 0.2) is 0 Å². The van der Waals surface area contributed by atoms with Crippen molar-refractivity contribution in [2.24, 2.45) is 12.8 Å². The summed E-state index contributed by atoms with van der Waals surface area (Å²) >= 11 is 5.99. The van der Waals surface area contributed by atoms with Gasteiger partial charge in [0.05, 0.1) is 27.4 Å². The molecule has 16 heavy (non-hydrogen) atoms. The Kier molecular flexibility index (Phi) is 3.98. The Morgan fingerprint density at radius 3 is 2.50 bits per heavy atom. The van der Waals surface area contributed by atoms with Gasteiger partial charge in [0.25, 0.3) is 0 Å². The topological polar surface area (TPSA) is 78.0 Å². The largest absolute Gasteiger partial charge is 0.329 e. The maximum Gasteiger partial charge on any atom is 0.159 e. The van der Waals surface area contributed by atoms with Crippen molar-refractivity contribution < 1.29 is 8.42 Å². The molecule has 0 aromatic carbocycles. The van der Waals surface area contributed by atoms with Crippen LogP contribution in [0.3, 0.4) is 0 Å². The van der Waals surface area contributed by atoms with Crippen LogP contribution in [-0.4, -0.2) is 30.0 Å². The second-order valence-corrected chi connectivity index (χ2v) is 6.62. The van der Waals surface area contributed by atoms with Gasteiger partial charge in [-0.2, -0.15) is 5.10 Å². The lowest BCUT2D eigenvalue weighted by molar-refractivity contribution is 0.579. The summed E-state index contributed by atoms with van der Waals surface area (Å²) in [4.78, 5) is 0. The summed E-state index contributed by atoms with van der Waals surface area (Å²) in [7, 11) is -1.59. The first-order chi connectivity index (χ1) is 7.29. The number of halogens is 1. The van der Waals surface area contributed by atoms with Gasteiger partial charge in [-0.05, 0) is 13.8 Å². The van der Waals surface area contributed by atoms with Crippen LogP contribution < -0.4 is 5.73 Å². The van der Waals surface area contributed by atoms with Crippen molar-refractivity contribution in [3.8, 4) is 0 Å². The number of sulfone groups is 1. The molecule has 0 radical (unpaired) electrons. The smallest absolute Gasteiger partial charge is 0.159 e. The molecule has 0 fully saturated rings. The molecule has 0 aliphatic rings. The molecule has 0 bridgehead atoms. The van der Waals surface area contributed by atoms with Crippen LogP contribution in [0.5, 0.6) is 0 Å². The van der Waals surface area contributed by atoms with Gasteiger partial charge in [0.15, 0.2) is 9.84 Å². The van der Waals surface area contributed by atoms with Crippen molar-refractivity contribution >= 4 is 21.4 Å². The molecule has 1 aromatic rings. The molecule has 5 nitrogen and oxygen atoms in total. The van der Waals surface area contributed by atoms with Crippen molar-refractivity contribution in [2.75, 3.05) is 6.54 Å². The standard InChI is InChI=1S/C9H16ClN3O2S/c1-6(4-11)16(14,15)5-8-9(10)7(2)12-13(8)3/h6H,4-5,11H2,1-3H3. The Bertz CT molecular complexity index is 481. The van der Waals surface area contributed by atoms with E-state index in [2.05, 4.69) is 5.10 Å². The van der Waals surface area contributed by atoms with Gasteiger partial charge in [0, 0.05) is 13.6 Å². The third-order valence-corrected chi connectivity index (χ3v) is 5.13. The highest BCUT2D eigenvalue weighted by Crippen LogP contribution is 2.22. The summed E-state index contributed by atoms with van der Waals surface area (Å²) in [6.45, 7) is 3.44. The molecule has 0 spiro atoms. The summed E-state index contributed by atoms with van der Waals surface area (Å²) in [5, 5.41) is 3.91. The van der Waals surface area contributed by atoms with Crippen LogP contribution in [0.1, 0.15) is 18.3 Å². The second-order valence-electron chi connectivity index (χ2n) is 3.82. The molecule has 0 saturated carbocycles. The van der Waals surface area contributed by atoms with Crippen molar-refractivity contribution in [3.63, 3.8) is 0 Å². The van der Waals surface area contributed by atoms with E-state index in [4.69, 9.17) is 17.3 Å². The lowest BCUT2D eigenvalue weighted by Gasteiger charge is -2.10. The van der Waals surface area contributed by atoms with E-state index in [0.29, 0.717) is 16.4 Å². The zero-order valence-electron chi connectivity index (χ0n) is 9.57. The third-order valence-electron chi connectivity index (χ3n) is 2.54. The van der Waals surface area contributed by atoms with Gasteiger partial charge in [0.2, 0.25) is 0 Å². The van der Waals surface area contributed by atoms with Crippen LogP contribution in [0.4, 0.5) is 0 Å². The first kappa shape index (κ1) is 13.5. The van der Waals surface area contributed by atoms with Crippen molar-refractivity contribution in [2.45, 2.75) is 24.9 Å². The normalized spacial score (nSPS) is 14.1. The van der Waals surface area contributed by atoms with Crippen LogP contribution in [0.25, 0.3) is 0 Å². The van der Waals surface area contributed by atoms with Gasteiger partial charge in [-0.25, -0.2) is 8.42 Å². The Morgan fingerprint density at radius 1 is 1.56 bits per heavy atom. The molecule has 0 aliphatic carbocycles. The molecule has 1 atom stereocenters. The average molecular weight is 266 g/mol. The maximum atomic E-state index is 11.9. The zero-order chi connectivity index (χ0) is 12.5.